The van der Waals surface area contributed by atoms with Gasteiger partial charge < -0.3 is 4.74 Å². The first kappa shape index (κ1) is 53.1. The summed E-state index contributed by atoms with van der Waals surface area (Å²) in [6.45, 7) is 5.67. The minimum Gasteiger partial charge on any atom is -0.382 e. The molecule has 0 saturated heterocycles. The van der Waals surface area contributed by atoms with E-state index in [9.17, 15) is 0 Å². The van der Waals surface area contributed by atoms with Crippen molar-refractivity contribution in [3.8, 4) is 0 Å². The quantitative estimate of drug-likeness (QED) is 0.442. The summed E-state index contributed by atoms with van der Waals surface area (Å²) in [5, 5.41) is 0. The van der Waals surface area contributed by atoms with Crippen LogP contribution in [0.2, 0.25) is 0 Å². The largest absolute Gasteiger partial charge is 0.382 e. The summed E-state index contributed by atoms with van der Waals surface area (Å²) in [4.78, 5) is 0. The smallest absolute Gasteiger partial charge is 0.0437 e. The number of rotatable bonds is 2. The summed E-state index contributed by atoms with van der Waals surface area (Å²) >= 11 is 0. The third-order valence-corrected chi connectivity index (χ3v) is 0.408. The SMILES string of the molecule is CCOCC.F.F.F.F.[B]. The molecule has 0 aliphatic heterocycles. The Labute approximate surface area is 60.2 Å². The molecule has 0 saturated carbocycles. The lowest BCUT2D eigenvalue weighted by atomic mass is 10.8. The van der Waals surface area contributed by atoms with Crippen LogP contribution in [-0.2, 0) is 4.74 Å². The highest BCUT2D eigenvalue weighted by Gasteiger charge is 1.64. The zero-order valence-corrected chi connectivity index (χ0v) is 6.03. The van der Waals surface area contributed by atoms with Gasteiger partial charge in [0.05, 0.1) is 0 Å². The van der Waals surface area contributed by atoms with Crippen LogP contribution in [-0.4, -0.2) is 21.6 Å². The first-order valence-corrected chi connectivity index (χ1v) is 1.99. The van der Waals surface area contributed by atoms with Crippen molar-refractivity contribution < 1.29 is 23.6 Å². The monoisotopic (exact) mass is 165 g/mol. The van der Waals surface area contributed by atoms with Crippen molar-refractivity contribution in [1.82, 2.24) is 0 Å². The van der Waals surface area contributed by atoms with Gasteiger partial charge in [-0.15, -0.1) is 0 Å². The summed E-state index contributed by atoms with van der Waals surface area (Å²) in [7, 11) is 0. The van der Waals surface area contributed by atoms with Crippen LogP contribution in [0.15, 0.2) is 0 Å². The molecule has 0 spiro atoms. The second kappa shape index (κ2) is 69.6. The maximum atomic E-state index is 4.83. The molecule has 0 aliphatic carbocycles. The molecular weight excluding hydrogens is 151 g/mol. The lowest BCUT2D eigenvalue weighted by molar-refractivity contribution is 0.162. The Morgan fingerprint density at radius 2 is 1.00 bits per heavy atom. The van der Waals surface area contributed by atoms with Crippen molar-refractivity contribution in [3.63, 3.8) is 0 Å². The van der Waals surface area contributed by atoms with E-state index in [1.165, 1.54) is 0 Å². The molecule has 3 radical (unpaired) electrons. The molecule has 0 unspecified atom stereocenters. The third kappa shape index (κ3) is 116. The van der Waals surface area contributed by atoms with Crippen LogP contribution in [0.3, 0.4) is 0 Å². The van der Waals surface area contributed by atoms with Crippen molar-refractivity contribution in [2.45, 2.75) is 13.8 Å². The van der Waals surface area contributed by atoms with Gasteiger partial charge in [-0.05, 0) is 13.8 Å². The van der Waals surface area contributed by atoms with Crippen molar-refractivity contribution in [3.05, 3.63) is 0 Å². The highest BCUT2D eigenvalue weighted by molar-refractivity contribution is 5.75. The van der Waals surface area contributed by atoms with Crippen LogP contribution in [0.1, 0.15) is 13.8 Å². The standard InChI is InChI=1S/C4H10O.B.4FH/c1-3-5-4-2;;;;;/h3-4H2,1-2H3;;4*1H. The zero-order valence-electron chi connectivity index (χ0n) is 6.03. The predicted octanol–water partition coefficient (Wildman–Crippen LogP) is 1.27. The molecule has 0 bridgehead atoms. The highest BCUT2D eigenvalue weighted by atomic mass is 19.0. The number of ether oxygens (including phenoxy) is 1. The van der Waals surface area contributed by atoms with E-state index in [1.807, 2.05) is 13.8 Å². The Bertz CT molecular complexity index is 24.7. The van der Waals surface area contributed by atoms with E-state index in [1.54, 1.807) is 0 Å². The normalized spacial score (nSPS) is 4.20. The van der Waals surface area contributed by atoms with Crippen LogP contribution >= 0.6 is 0 Å². The van der Waals surface area contributed by atoms with Gasteiger partial charge in [0, 0.05) is 21.6 Å². The van der Waals surface area contributed by atoms with E-state index in [0.29, 0.717) is 0 Å². The highest BCUT2D eigenvalue weighted by Crippen LogP contribution is 1.64. The van der Waals surface area contributed by atoms with Gasteiger partial charge in [0.15, 0.2) is 0 Å². The topological polar surface area (TPSA) is 9.23 Å². The first-order chi connectivity index (χ1) is 2.41. The van der Waals surface area contributed by atoms with E-state index in [-0.39, 0.29) is 27.2 Å². The Kier molecular flexibility index (Phi) is 370. The van der Waals surface area contributed by atoms with Crippen LogP contribution in [0.4, 0.5) is 18.8 Å². The van der Waals surface area contributed by atoms with Gasteiger partial charge in [0.25, 0.3) is 0 Å². The summed E-state index contributed by atoms with van der Waals surface area (Å²) in [5.41, 5.74) is 0. The van der Waals surface area contributed by atoms with Gasteiger partial charge >= 0.3 is 0 Å². The minimum absolute atomic E-state index is 0. The van der Waals surface area contributed by atoms with Crippen molar-refractivity contribution in [2.75, 3.05) is 13.2 Å². The van der Waals surface area contributed by atoms with Gasteiger partial charge in [0.2, 0.25) is 0 Å². The van der Waals surface area contributed by atoms with Gasteiger partial charge in [-0.25, -0.2) is 0 Å². The molecule has 0 aromatic heterocycles. The van der Waals surface area contributed by atoms with Crippen molar-refractivity contribution in [1.29, 1.82) is 0 Å². The Morgan fingerprint density at radius 3 is 1.00 bits per heavy atom. The Morgan fingerprint density at radius 1 is 0.800 bits per heavy atom. The Balaban J connectivity index is -0.00000000800. The molecule has 67 valence electrons. The fourth-order valence-corrected chi connectivity index (χ4v) is 0.204. The van der Waals surface area contributed by atoms with E-state index >= 15 is 0 Å². The predicted molar refractivity (Wildman–Crippen MR) is 37.9 cm³/mol. The average Bonchev–Trinajstić information content (AvgIpc) is 1.41. The van der Waals surface area contributed by atoms with Crippen LogP contribution in [0.25, 0.3) is 0 Å². The van der Waals surface area contributed by atoms with Crippen LogP contribution in [0, 0.1) is 0 Å². The molecule has 0 aromatic rings. The fourth-order valence-electron chi connectivity index (χ4n) is 0.204. The average molecular weight is 165 g/mol. The van der Waals surface area contributed by atoms with Crippen LogP contribution < -0.4 is 0 Å². The molecule has 0 atom stereocenters. The zero-order chi connectivity index (χ0) is 4.12. The van der Waals surface area contributed by atoms with Gasteiger partial charge in [-0.1, -0.05) is 0 Å². The third-order valence-electron chi connectivity index (χ3n) is 0.408. The molecule has 0 rings (SSSR count). The molecule has 6 heteroatoms. The van der Waals surface area contributed by atoms with Gasteiger partial charge in [0.1, 0.15) is 0 Å². The fraction of sp³-hybridized carbons (Fsp3) is 1.00. The second-order valence-electron chi connectivity index (χ2n) is 0.781. The van der Waals surface area contributed by atoms with Crippen molar-refractivity contribution in [2.24, 2.45) is 0 Å². The number of hydrogen-bond donors (Lipinski definition) is 0. The molecule has 0 fully saturated rings. The van der Waals surface area contributed by atoms with E-state index in [4.69, 9.17) is 4.74 Å². The molecule has 1 nitrogen and oxygen atoms in total. The second-order valence-corrected chi connectivity index (χ2v) is 0.781. The Hall–Kier alpha value is -0.255. The maximum Gasteiger partial charge on any atom is 0.0437 e. The summed E-state index contributed by atoms with van der Waals surface area (Å²) in [5.74, 6) is 0. The molecule has 0 N–H and O–H groups in total. The van der Waals surface area contributed by atoms with Crippen LogP contribution in [0.5, 0.6) is 0 Å². The van der Waals surface area contributed by atoms with E-state index in [2.05, 4.69) is 0 Å². The number of hydrogen-bond acceptors (Lipinski definition) is 1. The lowest BCUT2D eigenvalue weighted by Gasteiger charge is -1.86. The summed E-state index contributed by atoms with van der Waals surface area (Å²) in [6, 6.07) is 0. The molecule has 0 heterocycles. The molecule has 0 aliphatic rings. The molecule has 0 amide bonds. The van der Waals surface area contributed by atoms with E-state index < -0.39 is 0 Å². The number of halogens is 4. The molecule has 10 heavy (non-hydrogen) atoms. The lowest BCUT2D eigenvalue weighted by Crippen LogP contribution is -1.84. The van der Waals surface area contributed by atoms with Gasteiger partial charge in [-0.2, -0.15) is 0 Å². The molecule has 0 aromatic carbocycles. The summed E-state index contributed by atoms with van der Waals surface area (Å²) in [6.07, 6.45) is 0. The maximum absolute atomic E-state index is 4.83. The van der Waals surface area contributed by atoms with Crippen molar-refractivity contribution >= 4 is 8.41 Å². The van der Waals surface area contributed by atoms with E-state index in [0.717, 1.165) is 13.2 Å². The first-order valence-electron chi connectivity index (χ1n) is 1.99. The summed E-state index contributed by atoms with van der Waals surface area (Å²) < 4.78 is 4.83. The molecular formula is C4H14BF4O. The van der Waals surface area contributed by atoms with Gasteiger partial charge in [-0.3, -0.25) is 18.8 Å². The minimum atomic E-state index is 0.